The molecule has 0 radical (unpaired) electrons. The van der Waals surface area contributed by atoms with Crippen LogP contribution >= 0.6 is 0 Å². The lowest BCUT2D eigenvalue weighted by Gasteiger charge is -2.12. The number of anilines is 1. The summed E-state index contributed by atoms with van der Waals surface area (Å²) in [5, 5.41) is 9.21. The molecule has 2 rings (SSSR count). The van der Waals surface area contributed by atoms with Crippen LogP contribution in [0, 0.1) is 0 Å². The molecule has 0 saturated heterocycles. The molecule has 0 fully saturated rings. The highest BCUT2D eigenvalue weighted by Gasteiger charge is 2.19. The van der Waals surface area contributed by atoms with Crippen molar-refractivity contribution in [1.82, 2.24) is 0 Å². The Hall–Kier alpha value is -3.07. The lowest BCUT2D eigenvalue weighted by atomic mass is 10.2. The third-order valence-electron chi connectivity index (χ3n) is 3.15. The third-order valence-corrected chi connectivity index (χ3v) is 4.53. The zero-order valence-corrected chi connectivity index (χ0v) is 13.3. The molecule has 0 spiro atoms. The number of nitrogens with one attached hydrogen (secondary N) is 1. The van der Waals surface area contributed by atoms with E-state index in [9.17, 15) is 23.1 Å². The van der Waals surface area contributed by atoms with E-state index in [0.29, 0.717) is 0 Å². The summed E-state index contributed by atoms with van der Waals surface area (Å²) in [6.07, 6.45) is 0. The van der Waals surface area contributed by atoms with E-state index in [4.69, 9.17) is 10.5 Å². The Morgan fingerprint density at radius 3 is 2.25 bits per heavy atom. The van der Waals surface area contributed by atoms with E-state index < -0.39 is 21.9 Å². The summed E-state index contributed by atoms with van der Waals surface area (Å²) in [4.78, 5) is 22.2. The Balaban J connectivity index is 2.38. The highest BCUT2D eigenvalue weighted by atomic mass is 32.2. The number of carbonyl (C=O) groups excluding carboxylic acids is 1. The van der Waals surface area contributed by atoms with Crippen LogP contribution in [0.5, 0.6) is 5.75 Å². The summed E-state index contributed by atoms with van der Waals surface area (Å²) in [6.45, 7) is 0. The van der Waals surface area contributed by atoms with Gasteiger partial charge in [0.2, 0.25) is 5.91 Å². The number of amides is 1. The van der Waals surface area contributed by atoms with Crippen molar-refractivity contribution in [1.29, 1.82) is 0 Å². The number of benzene rings is 2. The highest BCUT2D eigenvalue weighted by Crippen LogP contribution is 2.25. The van der Waals surface area contributed by atoms with Gasteiger partial charge in [-0.15, -0.1) is 0 Å². The second-order valence-electron chi connectivity index (χ2n) is 4.71. The Morgan fingerprint density at radius 1 is 1.12 bits per heavy atom. The summed E-state index contributed by atoms with van der Waals surface area (Å²) in [5.41, 5.74) is 4.89. The lowest BCUT2D eigenvalue weighted by molar-refractivity contribution is 0.0697. The van der Waals surface area contributed by atoms with Gasteiger partial charge in [0.05, 0.1) is 23.3 Å². The van der Waals surface area contributed by atoms with Crippen LogP contribution in [0.4, 0.5) is 5.69 Å². The highest BCUT2D eigenvalue weighted by molar-refractivity contribution is 7.92. The number of rotatable bonds is 6. The number of ether oxygens (including phenoxy) is 1. The lowest BCUT2D eigenvalue weighted by Crippen LogP contribution is -2.16. The van der Waals surface area contributed by atoms with Gasteiger partial charge in [-0.1, -0.05) is 0 Å². The van der Waals surface area contributed by atoms with Crippen molar-refractivity contribution >= 4 is 27.6 Å². The van der Waals surface area contributed by atoms with Crippen LogP contribution in [-0.4, -0.2) is 32.5 Å². The van der Waals surface area contributed by atoms with E-state index in [0.717, 1.165) is 0 Å². The minimum Gasteiger partial charge on any atom is -0.497 e. The maximum Gasteiger partial charge on any atom is 0.337 e. The molecule has 9 heteroatoms. The standard InChI is InChI=1S/C15H14N2O6S/c1-23-10-4-7-13(12(8-10)15(19)20)17-24(21,22)11-5-2-9(3-6-11)14(16)18/h2-8,17H,1H3,(H2,16,18)(H,19,20). The largest absolute Gasteiger partial charge is 0.497 e. The van der Waals surface area contributed by atoms with Crippen LogP contribution in [0.2, 0.25) is 0 Å². The number of carboxylic acids is 1. The number of methoxy groups -OCH3 is 1. The molecule has 24 heavy (non-hydrogen) atoms. The van der Waals surface area contributed by atoms with E-state index in [-0.39, 0.29) is 27.5 Å². The fraction of sp³-hybridized carbons (Fsp3) is 0.0667. The molecular formula is C15H14N2O6S. The van der Waals surface area contributed by atoms with Gasteiger partial charge in [0, 0.05) is 5.56 Å². The number of nitrogens with two attached hydrogens (primary N) is 1. The van der Waals surface area contributed by atoms with Gasteiger partial charge in [0.15, 0.2) is 0 Å². The van der Waals surface area contributed by atoms with Gasteiger partial charge in [-0.05, 0) is 42.5 Å². The van der Waals surface area contributed by atoms with Gasteiger partial charge in [0.1, 0.15) is 5.75 Å². The van der Waals surface area contributed by atoms with Crippen LogP contribution in [0.15, 0.2) is 47.4 Å². The summed E-state index contributed by atoms with van der Waals surface area (Å²) >= 11 is 0. The minimum atomic E-state index is -4.04. The molecule has 0 bridgehead atoms. The molecule has 8 nitrogen and oxygen atoms in total. The first kappa shape index (κ1) is 17.3. The second-order valence-corrected chi connectivity index (χ2v) is 6.39. The Labute approximate surface area is 137 Å². The Morgan fingerprint density at radius 2 is 1.75 bits per heavy atom. The smallest absolute Gasteiger partial charge is 0.337 e. The third kappa shape index (κ3) is 3.63. The van der Waals surface area contributed by atoms with Crippen molar-refractivity contribution in [2.24, 2.45) is 5.73 Å². The molecule has 0 saturated carbocycles. The number of sulfonamides is 1. The monoisotopic (exact) mass is 350 g/mol. The van der Waals surface area contributed by atoms with Crippen molar-refractivity contribution in [2.45, 2.75) is 4.90 Å². The van der Waals surface area contributed by atoms with E-state index >= 15 is 0 Å². The van der Waals surface area contributed by atoms with Crippen molar-refractivity contribution < 1.29 is 27.9 Å². The fourth-order valence-corrected chi connectivity index (χ4v) is 3.00. The average molecular weight is 350 g/mol. The number of hydrogen-bond donors (Lipinski definition) is 3. The van der Waals surface area contributed by atoms with Gasteiger partial charge in [0.25, 0.3) is 10.0 Å². The molecule has 4 N–H and O–H groups in total. The van der Waals surface area contributed by atoms with E-state index in [1.54, 1.807) is 0 Å². The minimum absolute atomic E-state index is 0.109. The van der Waals surface area contributed by atoms with Gasteiger partial charge < -0.3 is 15.6 Å². The number of carboxylic acid groups (broad SMARTS) is 1. The first-order valence-electron chi connectivity index (χ1n) is 6.58. The maximum absolute atomic E-state index is 12.4. The molecule has 0 unspecified atom stereocenters. The Kier molecular flexibility index (Phi) is 4.74. The number of carbonyl (C=O) groups is 2. The van der Waals surface area contributed by atoms with Gasteiger partial charge in [-0.2, -0.15) is 0 Å². The predicted molar refractivity (Wildman–Crippen MR) is 85.7 cm³/mol. The first-order chi connectivity index (χ1) is 11.2. The van der Waals surface area contributed by atoms with Crippen molar-refractivity contribution in [3.63, 3.8) is 0 Å². The molecule has 0 aromatic heterocycles. The predicted octanol–water partition coefficient (Wildman–Crippen LogP) is 1.29. The van der Waals surface area contributed by atoms with Crippen molar-refractivity contribution in [2.75, 3.05) is 11.8 Å². The molecule has 0 aliphatic rings. The number of aromatic carboxylic acids is 1. The summed E-state index contributed by atoms with van der Waals surface area (Å²) in [7, 11) is -2.67. The van der Waals surface area contributed by atoms with Gasteiger partial charge >= 0.3 is 5.97 Å². The van der Waals surface area contributed by atoms with E-state index in [1.807, 2.05) is 0 Å². The molecule has 2 aromatic carbocycles. The van der Waals surface area contributed by atoms with Crippen LogP contribution in [0.25, 0.3) is 0 Å². The summed E-state index contributed by atoms with van der Waals surface area (Å²) < 4.78 is 31.9. The molecule has 0 heterocycles. The molecule has 0 aliphatic heterocycles. The van der Waals surface area contributed by atoms with Gasteiger partial charge in [-0.3, -0.25) is 9.52 Å². The fourth-order valence-electron chi connectivity index (χ4n) is 1.92. The number of hydrogen-bond acceptors (Lipinski definition) is 5. The van der Waals surface area contributed by atoms with Crippen molar-refractivity contribution in [3.05, 3.63) is 53.6 Å². The normalized spacial score (nSPS) is 10.9. The topological polar surface area (TPSA) is 136 Å². The first-order valence-corrected chi connectivity index (χ1v) is 8.07. The Bertz CT molecular complexity index is 891. The number of primary amides is 1. The van der Waals surface area contributed by atoms with Crippen LogP contribution in [0.3, 0.4) is 0 Å². The average Bonchev–Trinajstić information content (AvgIpc) is 2.54. The van der Waals surface area contributed by atoms with E-state index in [2.05, 4.69) is 4.72 Å². The van der Waals surface area contributed by atoms with Crippen LogP contribution in [-0.2, 0) is 10.0 Å². The SMILES string of the molecule is COc1ccc(NS(=O)(=O)c2ccc(C(N)=O)cc2)c(C(=O)O)c1. The summed E-state index contributed by atoms with van der Waals surface area (Å²) in [6, 6.07) is 8.86. The van der Waals surface area contributed by atoms with Gasteiger partial charge in [-0.25, -0.2) is 13.2 Å². The quantitative estimate of drug-likeness (QED) is 0.718. The second kappa shape index (κ2) is 6.59. The zero-order valence-electron chi connectivity index (χ0n) is 12.5. The zero-order chi connectivity index (χ0) is 17.9. The molecule has 126 valence electrons. The summed E-state index contributed by atoms with van der Waals surface area (Å²) in [5.74, 6) is -1.72. The maximum atomic E-state index is 12.4. The molecule has 0 aliphatic carbocycles. The molecule has 0 atom stereocenters. The molecule has 1 amide bonds. The van der Waals surface area contributed by atoms with Crippen LogP contribution in [0.1, 0.15) is 20.7 Å². The molecule has 2 aromatic rings. The van der Waals surface area contributed by atoms with E-state index in [1.165, 1.54) is 49.6 Å². The van der Waals surface area contributed by atoms with Crippen LogP contribution < -0.4 is 15.2 Å². The molecular weight excluding hydrogens is 336 g/mol. The van der Waals surface area contributed by atoms with Crippen molar-refractivity contribution in [3.8, 4) is 5.75 Å².